The lowest BCUT2D eigenvalue weighted by Crippen LogP contribution is -2.40. The van der Waals surface area contributed by atoms with Crippen molar-refractivity contribution in [3.05, 3.63) is 52.8 Å². The highest BCUT2D eigenvalue weighted by molar-refractivity contribution is 7.90. The summed E-state index contributed by atoms with van der Waals surface area (Å²) in [5.41, 5.74) is -0.519. The number of aromatic nitrogens is 4. The Balaban J connectivity index is 1.77. The predicted octanol–water partition coefficient (Wildman–Crippen LogP) is 0.462. The summed E-state index contributed by atoms with van der Waals surface area (Å²) in [6.07, 6.45) is -2.69. The Labute approximate surface area is 216 Å². The summed E-state index contributed by atoms with van der Waals surface area (Å²) in [5.74, 6) is -2.05. The Hall–Kier alpha value is -4.11. The van der Waals surface area contributed by atoms with E-state index >= 15 is 0 Å². The quantitative estimate of drug-likeness (QED) is 0.295. The van der Waals surface area contributed by atoms with Gasteiger partial charge in [-0.15, -0.1) is 0 Å². The molecule has 0 amide bonds. The van der Waals surface area contributed by atoms with Gasteiger partial charge >= 0.3 is 17.9 Å². The zero-order chi connectivity index (χ0) is 27.8. The van der Waals surface area contributed by atoms with Gasteiger partial charge in [0.2, 0.25) is 0 Å². The Morgan fingerprint density at radius 2 is 1.58 bits per heavy atom. The summed E-state index contributed by atoms with van der Waals surface area (Å²) in [7, 11) is -4.27. The Morgan fingerprint density at radius 1 is 0.947 bits per heavy atom. The Kier molecular flexibility index (Phi) is 7.33. The molecule has 0 saturated carbocycles. The third-order valence-electron chi connectivity index (χ3n) is 5.65. The first-order chi connectivity index (χ1) is 17.9. The number of rotatable bonds is 7. The number of hydrogen-bond donors (Lipinski definition) is 0. The van der Waals surface area contributed by atoms with Gasteiger partial charge in [-0.25, -0.2) is 18.4 Å². The number of hydrogen-bond acceptors (Lipinski definition) is 12. The van der Waals surface area contributed by atoms with E-state index in [1.807, 2.05) is 0 Å². The molecule has 4 rings (SSSR count). The number of ether oxygens (including phenoxy) is 4. The van der Waals surface area contributed by atoms with E-state index in [4.69, 9.17) is 18.9 Å². The number of carbonyl (C=O) groups is 3. The number of fused-ring (bicyclic) bond motifs is 1. The van der Waals surface area contributed by atoms with E-state index in [9.17, 15) is 27.6 Å². The maximum absolute atomic E-state index is 13.2. The number of nitrogens with zero attached hydrogens (tertiary/aromatic N) is 4. The van der Waals surface area contributed by atoms with Crippen LogP contribution in [0.1, 0.15) is 32.6 Å². The summed E-state index contributed by atoms with van der Waals surface area (Å²) in [4.78, 5) is 56.2. The fourth-order valence-corrected chi connectivity index (χ4v) is 5.18. The van der Waals surface area contributed by atoms with Crippen LogP contribution in [0.15, 0.2) is 46.6 Å². The van der Waals surface area contributed by atoms with Crippen LogP contribution < -0.4 is 5.56 Å². The molecule has 1 saturated heterocycles. The molecule has 2 aromatic heterocycles. The Morgan fingerprint density at radius 3 is 2.18 bits per heavy atom. The molecular formula is C23H24N4O10S. The van der Waals surface area contributed by atoms with E-state index in [0.717, 1.165) is 32.1 Å². The van der Waals surface area contributed by atoms with Crippen molar-refractivity contribution in [1.82, 2.24) is 18.5 Å². The smallest absolute Gasteiger partial charge is 0.303 e. The number of benzene rings is 1. The molecule has 38 heavy (non-hydrogen) atoms. The first-order valence-electron chi connectivity index (χ1n) is 11.3. The molecule has 1 aliphatic heterocycles. The van der Waals surface area contributed by atoms with Crippen LogP contribution in [0, 0.1) is 6.92 Å². The molecule has 0 bridgehead atoms. The molecule has 3 heterocycles. The second-order valence-corrected chi connectivity index (χ2v) is 10.3. The number of imidazole rings is 1. The van der Waals surface area contributed by atoms with Crippen LogP contribution in [-0.4, -0.2) is 69.8 Å². The molecule has 15 heteroatoms. The van der Waals surface area contributed by atoms with Crippen LogP contribution in [0.3, 0.4) is 0 Å². The van der Waals surface area contributed by atoms with E-state index in [1.165, 1.54) is 23.6 Å². The van der Waals surface area contributed by atoms with E-state index in [-0.39, 0.29) is 22.7 Å². The van der Waals surface area contributed by atoms with Crippen molar-refractivity contribution >= 4 is 39.1 Å². The highest BCUT2D eigenvalue weighted by Crippen LogP contribution is 2.35. The minimum Gasteiger partial charge on any atom is -0.463 e. The van der Waals surface area contributed by atoms with Crippen LogP contribution in [-0.2, 0) is 43.4 Å². The van der Waals surface area contributed by atoms with E-state index in [2.05, 4.69) is 9.97 Å². The van der Waals surface area contributed by atoms with Crippen molar-refractivity contribution in [1.29, 1.82) is 0 Å². The molecule has 0 unspecified atom stereocenters. The fraction of sp³-hybridized carbons (Fsp3) is 0.391. The zero-order valence-electron chi connectivity index (χ0n) is 20.8. The van der Waals surface area contributed by atoms with Gasteiger partial charge in [0, 0.05) is 20.8 Å². The number of aryl methyl sites for hydroxylation is 1. The molecule has 1 fully saturated rings. The second kappa shape index (κ2) is 10.3. The third kappa shape index (κ3) is 5.15. The third-order valence-corrected chi connectivity index (χ3v) is 7.29. The van der Waals surface area contributed by atoms with Crippen molar-refractivity contribution in [3.63, 3.8) is 0 Å². The largest absolute Gasteiger partial charge is 0.463 e. The van der Waals surface area contributed by atoms with Gasteiger partial charge in [-0.1, -0.05) is 17.7 Å². The molecule has 0 aliphatic carbocycles. The van der Waals surface area contributed by atoms with Crippen LogP contribution in [0.4, 0.5) is 0 Å². The standard InChI is InChI=1S/C23H24N4O10S/c1-12-5-7-16(8-6-12)38(32,33)27-11-25-21-18(22(27)31)24-10-26(21)23-20(36-15(4)30)19(35-14(3)29)17(37-23)9-34-13(2)28/h5-8,10-11,17,19-20,23H,9H2,1-4H3/t17-,19+,20+,23+/m0/s1. The highest BCUT2D eigenvalue weighted by atomic mass is 32.2. The van der Waals surface area contributed by atoms with E-state index in [1.54, 1.807) is 19.1 Å². The summed E-state index contributed by atoms with van der Waals surface area (Å²) < 4.78 is 49.5. The van der Waals surface area contributed by atoms with Gasteiger partial charge in [0.25, 0.3) is 15.6 Å². The predicted molar refractivity (Wildman–Crippen MR) is 127 cm³/mol. The second-order valence-electron chi connectivity index (χ2n) is 8.50. The van der Waals surface area contributed by atoms with Crippen molar-refractivity contribution in [2.45, 2.75) is 57.1 Å². The SMILES string of the molecule is CC(=O)OC[C@@H]1O[C@@H](n2cnc3c(=O)n(S(=O)(=O)c4ccc(C)cc4)cnc32)[C@H](OC(C)=O)[C@@H]1OC(C)=O. The monoisotopic (exact) mass is 548 g/mol. The van der Waals surface area contributed by atoms with E-state index in [0.29, 0.717) is 3.97 Å². The lowest BCUT2D eigenvalue weighted by molar-refractivity contribution is -0.166. The molecule has 0 radical (unpaired) electrons. The summed E-state index contributed by atoms with van der Waals surface area (Å²) in [6.45, 7) is 4.93. The maximum Gasteiger partial charge on any atom is 0.303 e. The first kappa shape index (κ1) is 26.9. The fourth-order valence-electron chi connectivity index (χ4n) is 4.00. The van der Waals surface area contributed by atoms with Crippen LogP contribution in [0.5, 0.6) is 0 Å². The van der Waals surface area contributed by atoms with Gasteiger partial charge < -0.3 is 18.9 Å². The van der Waals surface area contributed by atoms with Gasteiger partial charge in [0.15, 0.2) is 29.6 Å². The van der Waals surface area contributed by atoms with E-state index < -0.39 is 58.0 Å². The van der Waals surface area contributed by atoms with Crippen molar-refractivity contribution in [2.75, 3.05) is 6.61 Å². The normalized spacial score (nSPS) is 21.3. The lowest BCUT2D eigenvalue weighted by Gasteiger charge is -2.23. The average molecular weight is 549 g/mol. The van der Waals surface area contributed by atoms with Gasteiger partial charge in [-0.05, 0) is 19.1 Å². The molecule has 1 aliphatic rings. The molecule has 14 nitrogen and oxygen atoms in total. The Bertz CT molecular complexity index is 1560. The lowest BCUT2D eigenvalue weighted by atomic mass is 10.1. The van der Waals surface area contributed by atoms with Gasteiger partial charge in [0.1, 0.15) is 19.0 Å². The molecule has 4 atom stereocenters. The first-order valence-corrected chi connectivity index (χ1v) is 12.7. The number of carbonyl (C=O) groups excluding carboxylic acids is 3. The van der Waals surface area contributed by atoms with Crippen molar-refractivity contribution in [2.24, 2.45) is 0 Å². The topological polar surface area (TPSA) is 175 Å². The maximum atomic E-state index is 13.2. The van der Waals surface area contributed by atoms with Crippen molar-refractivity contribution < 1.29 is 41.7 Å². The van der Waals surface area contributed by atoms with Crippen LogP contribution >= 0.6 is 0 Å². The van der Waals surface area contributed by atoms with Gasteiger partial charge in [0.05, 0.1) is 11.2 Å². The minimum atomic E-state index is -4.27. The van der Waals surface area contributed by atoms with Gasteiger partial charge in [-0.2, -0.15) is 3.97 Å². The average Bonchev–Trinajstić information content (AvgIpc) is 3.39. The molecule has 1 aromatic carbocycles. The molecule has 3 aromatic rings. The number of esters is 3. The minimum absolute atomic E-state index is 0.0813. The van der Waals surface area contributed by atoms with Crippen LogP contribution in [0.2, 0.25) is 0 Å². The molecular weight excluding hydrogens is 524 g/mol. The van der Waals surface area contributed by atoms with Crippen molar-refractivity contribution in [3.8, 4) is 0 Å². The molecule has 0 spiro atoms. The molecule has 0 N–H and O–H groups in total. The van der Waals surface area contributed by atoms with Gasteiger partial charge in [-0.3, -0.25) is 23.7 Å². The molecule has 202 valence electrons. The summed E-state index contributed by atoms with van der Waals surface area (Å²) in [5, 5.41) is 0. The summed E-state index contributed by atoms with van der Waals surface area (Å²) in [6, 6.07) is 5.93. The highest BCUT2D eigenvalue weighted by Gasteiger charge is 2.51. The zero-order valence-corrected chi connectivity index (χ0v) is 21.6. The van der Waals surface area contributed by atoms with Crippen LogP contribution in [0.25, 0.3) is 11.2 Å². The summed E-state index contributed by atoms with van der Waals surface area (Å²) >= 11 is 0.